The number of nitriles is 1. The highest BCUT2D eigenvalue weighted by Gasteiger charge is 2.20. The molecule has 0 unspecified atom stereocenters. The number of nitrogens with zero attached hydrogens (tertiary/aromatic N) is 3. The summed E-state index contributed by atoms with van der Waals surface area (Å²) in [4.78, 5) is 6.44. The van der Waals surface area contributed by atoms with Gasteiger partial charge in [0.1, 0.15) is 11.9 Å². The number of hydrogen-bond acceptors (Lipinski definition) is 4. The molecule has 1 aliphatic heterocycles. The van der Waals surface area contributed by atoms with Crippen molar-refractivity contribution in [2.45, 2.75) is 25.8 Å². The molecule has 16 heavy (non-hydrogen) atoms. The number of hydrogen-bond donors (Lipinski definition) is 1. The minimum atomic E-state index is 0.197. The second-order valence-corrected chi connectivity index (χ2v) is 4.29. The van der Waals surface area contributed by atoms with Crippen molar-refractivity contribution in [1.29, 1.82) is 5.26 Å². The summed E-state index contributed by atoms with van der Waals surface area (Å²) in [5.41, 5.74) is 7.60. The molecule has 0 radical (unpaired) electrons. The summed E-state index contributed by atoms with van der Waals surface area (Å²) >= 11 is 0. The summed E-state index contributed by atoms with van der Waals surface area (Å²) in [6.45, 7) is 3.68. The highest BCUT2D eigenvalue weighted by atomic mass is 15.2. The first-order valence-electron chi connectivity index (χ1n) is 5.58. The van der Waals surface area contributed by atoms with Gasteiger partial charge in [0.05, 0.1) is 5.56 Å². The molecule has 1 fully saturated rings. The lowest BCUT2D eigenvalue weighted by Gasteiger charge is -2.32. The fourth-order valence-electron chi connectivity index (χ4n) is 2.12. The molecule has 1 saturated heterocycles. The van der Waals surface area contributed by atoms with Crippen LogP contribution in [0.4, 0.5) is 5.82 Å². The Balaban J connectivity index is 2.33. The molecular formula is C12H16N4. The van der Waals surface area contributed by atoms with E-state index in [1.54, 1.807) is 6.20 Å². The zero-order valence-electron chi connectivity index (χ0n) is 9.48. The molecule has 2 rings (SSSR count). The molecule has 1 atom stereocenters. The minimum Gasteiger partial charge on any atom is -0.354 e. The Morgan fingerprint density at radius 2 is 2.44 bits per heavy atom. The highest BCUT2D eigenvalue weighted by Crippen LogP contribution is 2.22. The first-order chi connectivity index (χ1) is 7.72. The standard InChI is InChI=1S/C12H16N4/c1-9-4-5-15-12(11(9)7-13)16-6-2-3-10(14)8-16/h4-5,10H,2-3,6,8,14H2,1H3/t10-/m1/s1. The van der Waals surface area contributed by atoms with E-state index in [0.29, 0.717) is 5.56 Å². The van der Waals surface area contributed by atoms with E-state index in [1.807, 2.05) is 13.0 Å². The maximum Gasteiger partial charge on any atom is 0.146 e. The lowest BCUT2D eigenvalue weighted by atomic mass is 10.1. The number of nitrogens with two attached hydrogens (primary N) is 1. The lowest BCUT2D eigenvalue weighted by Crippen LogP contribution is -2.43. The van der Waals surface area contributed by atoms with Crippen molar-refractivity contribution in [1.82, 2.24) is 4.98 Å². The van der Waals surface area contributed by atoms with Crippen LogP contribution in [0.2, 0.25) is 0 Å². The van der Waals surface area contributed by atoms with Gasteiger partial charge in [0, 0.05) is 25.3 Å². The molecule has 1 aliphatic rings. The number of aryl methyl sites for hydroxylation is 1. The van der Waals surface area contributed by atoms with E-state index in [-0.39, 0.29) is 6.04 Å². The van der Waals surface area contributed by atoms with E-state index < -0.39 is 0 Å². The molecule has 2 heterocycles. The molecule has 1 aromatic heterocycles. The van der Waals surface area contributed by atoms with Crippen LogP contribution in [0.1, 0.15) is 24.0 Å². The van der Waals surface area contributed by atoms with Gasteiger partial charge in [0.25, 0.3) is 0 Å². The molecule has 0 spiro atoms. The third kappa shape index (κ3) is 2.00. The van der Waals surface area contributed by atoms with E-state index in [9.17, 15) is 0 Å². The maximum absolute atomic E-state index is 9.15. The van der Waals surface area contributed by atoms with E-state index in [1.165, 1.54) is 0 Å². The van der Waals surface area contributed by atoms with Crippen LogP contribution in [0.5, 0.6) is 0 Å². The number of rotatable bonds is 1. The van der Waals surface area contributed by atoms with Gasteiger partial charge in [0.15, 0.2) is 0 Å². The molecule has 2 N–H and O–H groups in total. The zero-order valence-corrected chi connectivity index (χ0v) is 9.48. The van der Waals surface area contributed by atoms with Gasteiger partial charge in [-0.15, -0.1) is 0 Å². The van der Waals surface area contributed by atoms with Crippen molar-refractivity contribution in [3.8, 4) is 6.07 Å². The Kier molecular flexibility index (Phi) is 3.07. The van der Waals surface area contributed by atoms with E-state index >= 15 is 0 Å². The van der Waals surface area contributed by atoms with Crippen molar-refractivity contribution in [2.75, 3.05) is 18.0 Å². The topological polar surface area (TPSA) is 65.9 Å². The van der Waals surface area contributed by atoms with Crippen molar-refractivity contribution in [3.05, 3.63) is 23.4 Å². The average molecular weight is 216 g/mol. The zero-order chi connectivity index (χ0) is 11.5. The SMILES string of the molecule is Cc1ccnc(N2CCC[C@@H](N)C2)c1C#N. The largest absolute Gasteiger partial charge is 0.354 e. The van der Waals surface area contributed by atoms with E-state index in [4.69, 9.17) is 11.0 Å². The molecule has 0 amide bonds. The Bertz CT molecular complexity index is 422. The Morgan fingerprint density at radius 1 is 1.62 bits per heavy atom. The van der Waals surface area contributed by atoms with Crippen LogP contribution in [0.25, 0.3) is 0 Å². The lowest BCUT2D eigenvalue weighted by molar-refractivity contribution is 0.503. The Morgan fingerprint density at radius 3 is 3.12 bits per heavy atom. The van der Waals surface area contributed by atoms with Crippen molar-refractivity contribution in [2.24, 2.45) is 5.73 Å². The predicted octanol–water partition coefficient (Wildman–Crippen LogP) is 1.19. The highest BCUT2D eigenvalue weighted by molar-refractivity contribution is 5.57. The van der Waals surface area contributed by atoms with Gasteiger partial charge in [-0.3, -0.25) is 0 Å². The molecular weight excluding hydrogens is 200 g/mol. The van der Waals surface area contributed by atoms with Gasteiger partial charge in [-0.05, 0) is 31.4 Å². The molecule has 0 bridgehead atoms. The third-order valence-corrected chi connectivity index (χ3v) is 3.01. The van der Waals surface area contributed by atoms with E-state index in [2.05, 4.69) is 16.0 Å². The van der Waals surface area contributed by atoms with Crippen LogP contribution >= 0.6 is 0 Å². The predicted molar refractivity (Wildman–Crippen MR) is 63.1 cm³/mol. The summed E-state index contributed by atoms with van der Waals surface area (Å²) in [6.07, 6.45) is 3.89. The minimum absolute atomic E-state index is 0.197. The van der Waals surface area contributed by atoms with Crippen LogP contribution in [0.15, 0.2) is 12.3 Å². The van der Waals surface area contributed by atoms with Crippen LogP contribution in [-0.2, 0) is 0 Å². The number of pyridine rings is 1. The van der Waals surface area contributed by atoms with Gasteiger partial charge in [-0.25, -0.2) is 4.98 Å². The average Bonchev–Trinajstić information content (AvgIpc) is 2.28. The third-order valence-electron chi connectivity index (χ3n) is 3.01. The first kappa shape index (κ1) is 10.9. The molecule has 0 saturated carbocycles. The molecule has 0 aromatic carbocycles. The van der Waals surface area contributed by atoms with Crippen LogP contribution < -0.4 is 10.6 Å². The molecule has 4 nitrogen and oxygen atoms in total. The molecule has 0 aliphatic carbocycles. The number of anilines is 1. The Labute approximate surface area is 95.7 Å². The fraction of sp³-hybridized carbons (Fsp3) is 0.500. The summed E-state index contributed by atoms with van der Waals surface area (Å²) in [5, 5.41) is 9.15. The van der Waals surface area contributed by atoms with Crippen molar-refractivity contribution in [3.63, 3.8) is 0 Å². The van der Waals surface area contributed by atoms with Crippen LogP contribution in [0, 0.1) is 18.3 Å². The molecule has 84 valence electrons. The number of piperidine rings is 1. The second kappa shape index (κ2) is 4.50. The second-order valence-electron chi connectivity index (χ2n) is 4.29. The summed E-state index contributed by atoms with van der Waals surface area (Å²) in [6, 6.07) is 4.29. The molecule has 1 aromatic rings. The summed E-state index contributed by atoms with van der Waals surface area (Å²) in [5.74, 6) is 0.789. The van der Waals surface area contributed by atoms with Gasteiger partial charge in [-0.2, -0.15) is 5.26 Å². The smallest absolute Gasteiger partial charge is 0.146 e. The van der Waals surface area contributed by atoms with E-state index in [0.717, 1.165) is 37.3 Å². The van der Waals surface area contributed by atoms with Crippen molar-refractivity contribution < 1.29 is 0 Å². The fourth-order valence-corrected chi connectivity index (χ4v) is 2.12. The van der Waals surface area contributed by atoms with Gasteiger partial charge < -0.3 is 10.6 Å². The van der Waals surface area contributed by atoms with Crippen LogP contribution in [-0.4, -0.2) is 24.1 Å². The number of aromatic nitrogens is 1. The van der Waals surface area contributed by atoms with Crippen molar-refractivity contribution >= 4 is 5.82 Å². The quantitative estimate of drug-likeness (QED) is 0.765. The van der Waals surface area contributed by atoms with Gasteiger partial charge >= 0.3 is 0 Å². The maximum atomic E-state index is 9.15. The summed E-state index contributed by atoms with van der Waals surface area (Å²) < 4.78 is 0. The summed E-state index contributed by atoms with van der Waals surface area (Å²) in [7, 11) is 0. The van der Waals surface area contributed by atoms with Gasteiger partial charge in [0.2, 0.25) is 0 Å². The van der Waals surface area contributed by atoms with Gasteiger partial charge in [-0.1, -0.05) is 0 Å². The normalized spacial score (nSPS) is 20.6. The molecule has 4 heteroatoms. The van der Waals surface area contributed by atoms with Crippen LogP contribution in [0.3, 0.4) is 0 Å². The first-order valence-corrected chi connectivity index (χ1v) is 5.58. The Hall–Kier alpha value is -1.60. The monoisotopic (exact) mass is 216 g/mol.